The molecular weight excluding hydrogens is 512 g/mol. The van der Waals surface area contributed by atoms with Gasteiger partial charge in [0.2, 0.25) is 0 Å². The Balaban J connectivity index is 0.000000826. The number of methoxy groups -OCH3 is 1. The molecule has 0 radical (unpaired) electrons. The number of fused-ring (bicyclic) bond motifs is 1. The number of hydrogen-bond donors (Lipinski definition) is 4. The monoisotopic (exact) mass is 539 g/mol. The van der Waals surface area contributed by atoms with Crippen LogP contribution in [0.1, 0.15) is 36.2 Å². The first kappa shape index (κ1) is 27.4. The van der Waals surface area contributed by atoms with Crippen LogP contribution in [0.4, 0.5) is 20.3 Å². The maximum atomic E-state index is 14.0. The number of carboxylic acid groups (broad SMARTS) is 1. The number of anilines is 2. The Labute approximate surface area is 222 Å². The van der Waals surface area contributed by atoms with Gasteiger partial charge < -0.3 is 26.2 Å². The number of nitrogens with one attached hydrogen (secondary N) is 2. The Morgan fingerprint density at radius 2 is 1.87 bits per heavy atom. The van der Waals surface area contributed by atoms with Crippen molar-refractivity contribution in [1.29, 1.82) is 0 Å². The van der Waals surface area contributed by atoms with E-state index >= 15 is 0 Å². The Bertz CT molecular complexity index is 1520. The average Bonchev–Trinajstić information content (AvgIpc) is 3.31. The van der Waals surface area contributed by atoms with Gasteiger partial charge in [0.1, 0.15) is 35.2 Å². The van der Waals surface area contributed by atoms with Crippen molar-refractivity contribution in [1.82, 2.24) is 25.1 Å². The first-order chi connectivity index (χ1) is 18.7. The molecule has 0 spiro atoms. The fourth-order valence-electron chi connectivity index (χ4n) is 4.31. The first-order valence-electron chi connectivity index (χ1n) is 12.0. The van der Waals surface area contributed by atoms with Crippen LogP contribution in [0.25, 0.3) is 22.3 Å². The summed E-state index contributed by atoms with van der Waals surface area (Å²) in [4.78, 5) is 30.2. The summed E-state index contributed by atoms with van der Waals surface area (Å²) in [6, 6.07) is 7.90. The van der Waals surface area contributed by atoms with Crippen LogP contribution in [0.5, 0.6) is 5.75 Å². The van der Waals surface area contributed by atoms with E-state index in [1.807, 2.05) is 4.68 Å². The van der Waals surface area contributed by atoms with Crippen molar-refractivity contribution in [2.45, 2.75) is 25.8 Å². The molecule has 0 unspecified atom stereocenters. The number of carbonyl (C=O) groups is 2. The minimum Gasteiger partial charge on any atom is -0.495 e. The minimum absolute atomic E-state index is 0.170. The number of benzene rings is 2. The zero-order chi connectivity index (χ0) is 28.1. The van der Waals surface area contributed by atoms with Crippen LogP contribution >= 0.6 is 0 Å². The highest BCUT2D eigenvalue weighted by atomic mass is 19.1. The number of nitrogens with two attached hydrogens (primary N) is 1. The Hall–Kier alpha value is -4.65. The number of amides is 1. The molecule has 1 saturated heterocycles. The van der Waals surface area contributed by atoms with E-state index in [1.165, 1.54) is 13.4 Å². The minimum atomic E-state index is -0.833. The van der Waals surface area contributed by atoms with Gasteiger partial charge in [0.25, 0.3) is 11.9 Å². The molecule has 5 N–H and O–H groups in total. The predicted octanol–water partition coefficient (Wildman–Crippen LogP) is 3.63. The summed E-state index contributed by atoms with van der Waals surface area (Å²) in [6.45, 7) is 2.85. The van der Waals surface area contributed by atoms with Crippen molar-refractivity contribution >= 4 is 34.4 Å². The lowest BCUT2D eigenvalue weighted by atomic mass is 10.1. The van der Waals surface area contributed by atoms with Gasteiger partial charge in [-0.2, -0.15) is 5.10 Å². The second kappa shape index (κ2) is 11.8. The Kier molecular flexibility index (Phi) is 8.30. The molecule has 0 bridgehead atoms. The lowest BCUT2D eigenvalue weighted by Gasteiger charge is -2.23. The van der Waals surface area contributed by atoms with Crippen LogP contribution < -0.4 is 21.1 Å². The number of nitrogens with zero attached hydrogens (tertiary/aromatic N) is 4. The lowest BCUT2D eigenvalue weighted by Crippen LogP contribution is -2.30. The number of aliphatic carboxylic acids is 1. The maximum absolute atomic E-state index is 14.0. The summed E-state index contributed by atoms with van der Waals surface area (Å²) in [5.41, 5.74) is 8.02. The van der Waals surface area contributed by atoms with Gasteiger partial charge in [-0.05, 0) is 56.3 Å². The van der Waals surface area contributed by atoms with Gasteiger partial charge >= 0.3 is 0 Å². The van der Waals surface area contributed by atoms with Crippen molar-refractivity contribution in [2.24, 2.45) is 0 Å². The number of nitrogen functional groups attached to an aromatic ring is 1. The zero-order valence-electron chi connectivity index (χ0n) is 21.2. The molecule has 13 heteroatoms. The highest BCUT2D eigenvalue weighted by Gasteiger charge is 2.24. The number of aromatic nitrogens is 4. The predicted molar refractivity (Wildman–Crippen MR) is 140 cm³/mol. The molecule has 39 heavy (non-hydrogen) atoms. The number of piperidine rings is 1. The number of carboxylic acids is 1. The van der Waals surface area contributed by atoms with E-state index in [1.54, 1.807) is 18.2 Å². The molecule has 1 aliphatic rings. The highest BCUT2D eigenvalue weighted by molar-refractivity contribution is 6.05. The molecular formula is C26H27F2N7O4. The van der Waals surface area contributed by atoms with Gasteiger partial charge in [0.15, 0.2) is 5.65 Å². The molecule has 5 rings (SSSR count). The van der Waals surface area contributed by atoms with Gasteiger partial charge in [-0.3, -0.25) is 9.59 Å². The Morgan fingerprint density at radius 3 is 2.56 bits per heavy atom. The molecule has 3 heterocycles. The van der Waals surface area contributed by atoms with Crippen LogP contribution in [0, 0.1) is 11.6 Å². The quantitative estimate of drug-likeness (QED) is 0.297. The summed E-state index contributed by atoms with van der Waals surface area (Å²) in [7, 11) is 1.45. The fraction of sp³-hybridized carbons (Fsp3) is 0.269. The van der Waals surface area contributed by atoms with Gasteiger partial charge in [-0.25, -0.2) is 23.4 Å². The van der Waals surface area contributed by atoms with Gasteiger partial charge in [0, 0.05) is 12.5 Å². The molecule has 204 valence electrons. The number of rotatable bonds is 5. The lowest BCUT2D eigenvalue weighted by molar-refractivity contribution is -0.134. The van der Waals surface area contributed by atoms with Gasteiger partial charge in [0.05, 0.1) is 29.8 Å². The van der Waals surface area contributed by atoms with Crippen molar-refractivity contribution in [3.8, 4) is 17.0 Å². The molecule has 1 fully saturated rings. The van der Waals surface area contributed by atoms with Crippen molar-refractivity contribution in [3.63, 3.8) is 0 Å². The second-order valence-corrected chi connectivity index (χ2v) is 8.74. The van der Waals surface area contributed by atoms with Crippen LogP contribution in [0.2, 0.25) is 0 Å². The number of carbonyl (C=O) groups excluding carboxylic acids is 1. The molecule has 2 aromatic carbocycles. The van der Waals surface area contributed by atoms with Crippen LogP contribution in [-0.4, -0.2) is 56.9 Å². The number of hydrogen-bond acceptors (Lipinski definition) is 8. The smallest absolute Gasteiger partial charge is 0.300 e. The van der Waals surface area contributed by atoms with E-state index in [-0.39, 0.29) is 11.7 Å². The van der Waals surface area contributed by atoms with E-state index in [4.69, 9.17) is 25.5 Å². The second-order valence-electron chi connectivity index (χ2n) is 8.74. The molecule has 2 aromatic heterocycles. The zero-order valence-corrected chi connectivity index (χ0v) is 21.2. The highest BCUT2D eigenvalue weighted by Crippen LogP contribution is 2.37. The SMILES string of the molecule is CC(=O)O.COc1cc(-c2nn(C3CCNCC3)c3ncnc(N)c23)ccc1NC(=O)c1cc(F)ccc1F. The Morgan fingerprint density at radius 1 is 1.15 bits per heavy atom. The van der Waals surface area contributed by atoms with E-state index < -0.39 is 29.1 Å². The third-order valence-electron chi connectivity index (χ3n) is 6.07. The first-order valence-corrected chi connectivity index (χ1v) is 12.0. The standard InChI is InChI=1S/C24H23F2N7O2.C2H4O2/c1-35-19-10-13(2-5-18(19)31-24(34)16-11-14(25)3-4-17(16)26)21-20-22(27)29-12-30-23(20)33(32-21)15-6-8-28-9-7-15;1-2(3)4/h2-5,10-12,15,28H,6-9H2,1H3,(H,31,34)(H2,27,29,30);1H3,(H,3,4). The number of ether oxygens (including phenoxy) is 1. The third-order valence-corrected chi connectivity index (χ3v) is 6.07. The summed E-state index contributed by atoms with van der Waals surface area (Å²) in [6.07, 6.45) is 3.24. The van der Waals surface area contributed by atoms with Crippen molar-refractivity contribution < 1.29 is 28.2 Å². The third kappa shape index (κ3) is 6.09. The molecule has 0 aliphatic carbocycles. The average molecular weight is 540 g/mol. The normalized spacial score (nSPS) is 13.4. The van der Waals surface area contributed by atoms with Gasteiger partial charge in [-0.1, -0.05) is 6.07 Å². The van der Waals surface area contributed by atoms with Crippen molar-refractivity contribution in [2.75, 3.05) is 31.2 Å². The van der Waals surface area contributed by atoms with Crippen LogP contribution in [0.15, 0.2) is 42.7 Å². The topological polar surface area (TPSA) is 157 Å². The summed E-state index contributed by atoms with van der Waals surface area (Å²) < 4.78 is 34.9. The van der Waals surface area contributed by atoms with Crippen LogP contribution in [0.3, 0.4) is 0 Å². The molecule has 0 saturated carbocycles. The van der Waals surface area contributed by atoms with Crippen LogP contribution in [-0.2, 0) is 4.79 Å². The molecule has 4 aromatic rings. The summed E-state index contributed by atoms with van der Waals surface area (Å²) in [5.74, 6) is -2.55. The summed E-state index contributed by atoms with van der Waals surface area (Å²) in [5, 5.41) is 18.8. The van der Waals surface area contributed by atoms with Crippen molar-refractivity contribution in [3.05, 3.63) is 59.9 Å². The van der Waals surface area contributed by atoms with E-state index in [9.17, 15) is 13.6 Å². The fourth-order valence-corrected chi connectivity index (χ4v) is 4.31. The van der Waals surface area contributed by atoms with E-state index in [0.29, 0.717) is 33.9 Å². The molecule has 11 nitrogen and oxygen atoms in total. The van der Waals surface area contributed by atoms with Gasteiger partial charge in [-0.15, -0.1) is 0 Å². The maximum Gasteiger partial charge on any atom is 0.300 e. The number of halogens is 2. The summed E-state index contributed by atoms with van der Waals surface area (Å²) >= 11 is 0. The largest absolute Gasteiger partial charge is 0.495 e. The van der Waals surface area contributed by atoms with E-state index in [2.05, 4.69) is 20.6 Å². The van der Waals surface area contributed by atoms with E-state index in [0.717, 1.165) is 51.1 Å². The molecule has 1 amide bonds. The molecule has 1 aliphatic heterocycles. The molecule has 0 atom stereocenters.